The molecule has 1 unspecified atom stereocenters. The summed E-state index contributed by atoms with van der Waals surface area (Å²) in [4.78, 5) is 0. The Hall–Kier alpha value is -0.490. The van der Waals surface area contributed by atoms with Crippen LogP contribution in [0.15, 0.2) is 39.3 Å². The van der Waals surface area contributed by atoms with Crippen LogP contribution in [-0.2, 0) is 0 Å². The molecule has 20 heavy (non-hydrogen) atoms. The SMILES string of the molecule is CNC(c1ccc(F)c(Br)c1)c1ccc(Br)c(Cl)c1F. The molecule has 0 amide bonds. The zero-order valence-electron chi connectivity index (χ0n) is 10.4. The van der Waals surface area contributed by atoms with Gasteiger partial charge in [0.15, 0.2) is 0 Å². The highest BCUT2D eigenvalue weighted by Gasteiger charge is 2.20. The smallest absolute Gasteiger partial charge is 0.148 e. The predicted octanol–water partition coefficient (Wildman–Crippen LogP) is 5.45. The van der Waals surface area contributed by atoms with E-state index in [9.17, 15) is 8.78 Å². The van der Waals surface area contributed by atoms with E-state index in [0.29, 0.717) is 14.5 Å². The van der Waals surface area contributed by atoms with Crippen LogP contribution in [0.5, 0.6) is 0 Å². The Morgan fingerprint density at radius 2 is 1.80 bits per heavy atom. The number of rotatable bonds is 3. The standard InChI is InChI=1S/C14H10Br2ClF2N/c1-20-14(7-2-5-11(18)10(16)6-7)8-3-4-9(15)12(17)13(8)19/h2-6,14,20H,1H3. The summed E-state index contributed by atoms with van der Waals surface area (Å²) in [6.45, 7) is 0. The van der Waals surface area contributed by atoms with Crippen molar-refractivity contribution in [2.45, 2.75) is 6.04 Å². The molecular formula is C14H10Br2ClF2N. The number of halogens is 5. The highest BCUT2D eigenvalue weighted by molar-refractivity contribution is 9.10. The molecule has 1 N–H and O–H groups in total. The fourth-order valence-corrected chi connectivity index (χ4v) is 2.83. The van der Waals surface area contributed by atoms with Crippen LogP contribution < -0.4 is 5.32 Å². The minimum atomic E-state index is -0.499. The Balaban J connectivity index is 2.52. The molecule has 2 rings (SSSR count). The molecule has 0 fully saturated rings. The molecular weight excluding hydrogens is 415 g/mol. The van der Waals surface area contributed by atoms with Crippen LogP contribution >= 0.6 is 43.5 Å². The van der Waals surface area contributed by atoms with Crippen LogP contribution in [0.2, 0.25) is 5.02 Å². The highest BCUT2D eigenvalue weighted by Crippen LogP contribution is 2.33. The fourth-order valence-electron chi connectivity index (χ4n) is 1.96. The normalized spacial score (nSPS) is 12.5. The van der Waals surface area contributed by atoms with Gasteiger partial charge in [0.2, 0.25) is 0 Å². The van der Waals surface area contributed by atoms with Gasteiger partial charge in [-0.3, -0.25) is 0 Å². The van der Waals surface area contributed by atoms with Crippen molar-refractivity contribution in [3.05, 3.63) is 67.1 Å². The summed E-state index contributed by atoms with van der Waals surface area (Å²) in [6.07, 6.45) is 0. The first-order chi connectivity index (χ1) is 9.45. The van der Waals surface area contributed by atoms with Crippen molar-refractivity contribution < 1.29 is 8.78 Å². The lowest BCUT2D eigenvalue weighted by molar-refractivity contribution is 0.574. The molecule has 2 aromatic rings. The summed E-state index contributed by atoms with van der Waals surface area (Å²) in [7, 11) is 1.71. The first-order valence-corrected chi connectivity index (χ1v) is 7.67. The third kappa shape index (κ3) is 3.06. The summed E-state index contributed by atoms with van der Waals surface area (Å²) in [5, 5.41) is 3.04. The van der Waals surface area contributed by atoms with E-state index in [1.165, 1.54) is 6.07 Å². The van der Waals surface area contributed by atoms with Gasteiger partial charge in [0.1, 0.15) is 11.6 Å². The maximum atomic E-state index is 14.3. The second-order valence-corrected chi connectivity index (χ2v) is 6.25. The number of nitrogens with one attached hydrogen (secondary N) is 1. The minimum absolute atomic E-state index is 0.0314. The summed E-state index contributed by atoms with van der Waals surface area (Å²) >= 11 is 12.2. The molecule has 0 bridgehead atoms. The van der Waals surface area contributed by atoms with Crippen molar-refractivity contribution in [2.24, 2.45) is 0 Å². The molecule has 0 radical (unpaired) electrons. The Morgan fingerprint density at radius 3 is 2.40 bits per heavy atom. The van der Waals surface area contributed by atoms with Crippen molar-refractivity contribution in [2.75, 3.05) is 7.05 Å². The van der Waals surface area contributed by atoms with Crippen LogP contribution in [0.4, 0.5) is 8.78 Å². The van der Waals surface area contributed by atoms with Gasteiger partial charge in [0.25, 0.3) is 0 Å². The predicted molar refractivity (Wildman–Crippen MR) is 84.1 cm³/mol. The van der Waals surface area contributed by atoms with E-state index in [0.717, 1.165) is 5.56 Å². The number of benzene rings is 2. The maximum absolute atomic E-state index is 14.3. The summed E-state index contributed by atoms with van der Waals surface area (Å²) in [6, 6.07) is 7.47. The summed E-state index contributed by atoms with van der Waals surface area (Å²) < 4.78 is 28.4. The number of hydrogen-bond donors (Lipinski definition) is 1. The van der Waals surface area contributed by atoms with E-state index < -0.39 is 11.9 Å². The minimum Gasteiger partial charge on any atom is -0.309 e. The quantitative estimate of drug-likeness (QED) is 0.645. The first kappa shape index (κ1) is 15.9. The van der Waals surface area contributed by atoms with Crippen LogP contribution in [0.1, 0.15) is 17.2 Å². The lowest BCUT2D eigenvalue weighted by atomic mass is 9.98. The average Bonchev–Trinajstić information content (AvgIpc) is 2.43. The van der Waals surface area contributed by atoms with Gasteiger partial charge in [-0.25, -0.2) is 8.78 Å². The molecule has 0 aromatic heterocycles. The first-order valence-electron chi connectivity index (χ1n) is 5.71. The maximum Gasteiger partial charge on any atom is 0.148 e. The Kier molecular flexibility index (Phi) is 5.18. The highest BCUT2D eigenvalue weighted by atomic mass is 79.9. The molecule has 0 aliphatic rings. The third-order valence-electron chi connectivity index (χ3n) is 2.94. The largest absolute Gasteiger partial charge is 0.309 e. The van der Waals surface area contributed by atoms with E-state index in [1.807, 2.05) is 0 Å². The Bertz CT molecular complexity index is 649. The van der Waals surface area contributed by atoms with Crippen molar-refractivity contribution in [1.29, 1.82) is 0 Å². The van der Waals surface area contributed by atoms with Crippen molar-refractivity contribution >= 4 is 43.5 Å². The van der Waals surface area contributed by atoms with Crippen molar-refractivity contribution in [3.63, 3.8) is 0 Å². The van der Waals surface area contributed by atoms with Gasteiger partial charge < -0.3 is 5.32 Å². The Labute approximate surface area is 137 Å². The molecule has 0 aliphatic carbocycles. The van der Waals surface area contributed by atoms with E-state index in [1.54, 1.807) is 31.3 Å². The number of hydrogen-bond acceptors (Lipinski definition) is 1. The molecule has 0 saturated carbocycles. The van der Waals surface area contributed by atoms with Crippen LogP contribution in [0.25, 0.3) is 0 Å². The van der Waals surface area contributed by atoms with Gasteiger partial charge in [-0.2, -0.15) is 0 Å². The second-order valence-electron chi connectivity index (χ2n) is 4.16. The molecule has 1 nitrogen and oxygen atoms in total. The molecule has 0 aliphatic heterocycles. The fraction of sp³-hybridized carbons (Fsp3) is 0.143. The topological polar surface area (TPSA) is 12.0 Å². The molecule has 0 heterocycles. The van der Waals surface area contributed by atoms with Gasteiger partial charge in [-0.15, -0.1) is 0 Å². The van der Waals surface area contributed by atoms with Crippen molar-refractivity contribution in [1.82, 2.24) is 5.32 Å². The van der Waals surface area contributed by atoms with Gasteiger partial charge in [0.05, 0.1) is 15.5 Å². The van der Waals surface area contributed by atoms with E-state index in [-0.39, 0.29) is 10.8 Å². The third-order valence-corrected chi connectivity index (χ3v) is 4.81. The molecule has 106 valence electrons. The monoisotopic (exact) mass is 423 g/mol. The van der Waals surface area contributed by atoms with E-state index in [2.05, 4.69) is 37.2 Å². The molecule has 2 aromatic carbocycles. The Morgan fingerprint density at radius 1 is 1.10 bits per heavy atom. The zero-order chi connectivity index (χ0) is 14.9. The molecule has 0 spiro atoms. The van der Waals surface area contributed by atoms with Crippen LogP contribution in [0, 0.1) is 11.6 Å². The second kappa shape index (κ2) is 6.52. The molecule has 0 saturated heterocycles. The lowest BCUT2D eigenvalue weighted by Gasteiger charge is -2.19. The van der Waals surface area contributed by atoms with Gasteiger partial charge in [-0.05, 0) is 62.7 Å². The van der Waals surface area contributed by atoms with Crippen molar-refractivity contribution in [3.8, 4) is 0 Å². The van der Waals surface area contributed by atoms with E-state index >= 15 is 0 Å². The van der Waals surface area contributed by atoms with Gasteiger partial charge >= 0.3 is 0 Å². The van der Waals surface area contributed by atoms with Crippen LogP contribution in [-0.4, -0.2) is 7.05 Å². The zero-order valence-corrected chi connectivity index (χ0v) is 14.3. The molecule has 1 atom stereocenters. The van der Waals surface area contributed by atoms with Crippen LogP contribution in [0.3, 0.4) is 0 Å². The van der Waals surface area contributed by atoms with Gasteiger partial charge in [-0.1, -0.05) is 23.7 Å². The van der Waals surface area contributed by atoms with E-state index in [4.69, 9.17) is 11.6 Å². The summed E-state index contributed by atoms with van der Waals surface area (Å²) in [5.41, 5.74) is 1.14. The summed E-state index contributed by atoms with van der Waals surface area (Å²) in [5.74, 6) is -0.862. The average molecular weight is 425 g/mol. The lowest BCUT2D eigenvalue weighted by Crippen LogP contribution is -2.19. The van der Waals surface area contributed by atoms with Gasteiger partial charge in [0, 0.05) is 10.0 Å². The molecule has 6 heteroatoms.